The van der Waals surface area contributed by atoms with Crippen LogP contribution in [0.2, 0.25) is 0 Å². The SMILES string of the molecule is O=S(=O)(Oc1cc(N(c2ccccc2)c2ccc3c(c2)oc2ccccc23)c2sc3c4ccccc4c(-c4cccc(N(c5ccccc5)c5ccc6c(c5)oc5ccccc56)c4)cc3c2c1)C(F)(F)F. The van der Waals surface area contributed by atoms with Gasteiger partial charge in [0.15, 0.2) is 0 Å². The summed E-state index contributed by atoms with van der Waals surface area (Å²) in [5.41, 5.74) is 3.33. The molecule has 13 rings (SSSR count). The fourth-order valence-corrected chi connectivity index (χ4v) is 11.6. The summed E-state index contributed by atoms with van der Waals surface area (Å²) in [7, 11) is -6.08. The summed E-state index contributed by atoms with van der Waals surface area (Å²) < 4.78 is 87.4. The van der Waals surface area contributed by atoms with Crippen LogP contribution >= 0.6 is 11.3 Å². The van der Waals surface area contributed by atoms with Gasteiger partial charge in [0.25, 0.3) is 0 Å². The number of nitrogens with zero attached hydrogens (tertiary/aromatic N) is 2. The first-order valence-corrected chi connectivity index (χ1v) is 24.8. The predicted molar refractivity (Wildman–Crippen MR) is 282 cm³/mol. The molecule has 0 bridgehead atoms. The second kappa shape index (κ2) is 16.3. The lowest BCUT2D eigenvalue weighted by Crippen LogP contribution is -2.28. The van der Waals surface area contributed by atoms with Crippen molar-refractivity contribution in [1.82, 2.24) is 0 Å². The minimum atomic E-state index is -6.08. The Bertz CT molecular complexity index is 4360. The van der Waals surface area contributed by atoms with Crippen LogP contribution in [-0.2, 0) is 10.1 Å². The van der Waals surface area contributed by atoms with E-state index in [0.717, 1.165) is 76.4 Å². The maximum absolute atomic E-state index is 14.1. The molecular formula is C59H35F3N2O5S2. The second-order valence-electron chi connectivity index (χ2n) is 17.2. The third-order valence-electron chi connectivity index (χ3n) is 12.9. The Kier molecular flexibility index (Phi) is 9.74. The van der Waals surface area contributed by atoms with E-state index in [4.69, 9.17) is 13.0 Å². The largest absolute Gasteiger partial charge is 0.534 e. The number of hydrogen-bond acceptors (Lipinski definition) is 8. The summed E-state index contributed by atoms with van der Waals surface area (Å²) in [6.07, 6.45) is 0. The Morgan fingerprint density at radius 3 is 1.52 bits per heavy atom. The van der Waals surface area contributed by atoms with Crippen molar-refractivity contribution < 1.29 is 34.6 Å². The van der Waals surface area contributed by atoms with Gasteiger partial charge in [-0.25, -0.2) is 0 Å². The van der Waals surface area contributed by atoms with Gasteiger partial charge in [0.05, 0.1) is 10.4 Å². The van der Waals surface area contributed by atoms with Gasteiger partial charge in [0, 0.05) is 89.0 Å². The summed E-state index contributed by atoms with van der Waals surface area (Å²) in [6, 6.07) is 68.2. The standard InChI is InChI=1S/C59H35F3N2O5S2/c60-59(61,62)71(65,66)69-42-33-50-51-35-49(36-14-13-19-39(30-36)63(37-15-3-1-4-16-37)40-26-28-46-44-21-9-11-24-53(44)67-55(46)31-40)43-20-7-8-23-48(43)57(51)70-58(50)52(34-42)64(38-17-5-2-6-18-38)41-27-29-47-45-22-10-12-25-54(45)68-56(47)32-41/h1-35H. The lowest BCUT2D eigenvalue weighted by atomic mass is 9.95. The number of para-hydroxylation sites is 4. The summed E-state index contributed by atoms with van der Waals surface area (Å²) in [4.78, 5) is 4.07. The zero-order chi connectivity index (χ0) is 48.0. The molecule has 0 aliphatic heterocycles. The van der Waals surface area contributed by atoms with Crippen LogP contribution < -0.4 is 14.0 Å². The van der Waals surface area contributed by atoms with Crippen LogP contribution in [0.3, 0.4) is 0 Å². The Balaban J connectivity index is 1.03. The number of halogens is 3. The van der Waals surface area contributed by atoms with E-state index in [0.29, 0.717) is 43.7 Å². The molecule has 0 atom stereocenters. The molecule has 0 radical (unpaired) electrons. The minimum absolute atomic E-state index is 0.408. The maximum Gasteiger partial charge on any atom is 0.534 e. The molecule has 71 heavy (non-hydrogen) atoms. The van der Waals surface area contributed by atoms with Crippen molar-refractivity contribution in [2.45, 2.75) is 5.51 Å². The number of anilines is 6. The molecule has 344 valence electrons. The molecule has 0 N–H and O–H groups in total. The van der Waals surface area contributed by atoms with Crippen molar-refractivity contribution in [2.24, 2.45) is 0 Å². The van der Waals surface area contributed by atoms with Gasteiger partial charge in [0.2, 0.25) is 0 Å². The molecule has 0 saturated heterocycles. The normalized spacial score (nSPS) is 12.3. The zero-order valence-corrected chi connectivity index (χ0v) is 38.7. The molecule has 0 fully saturated rings. The fraction of sp³-hybridized carbons (Fsp3) is 0.0169. The molecule has 0 spiro atoms. The van der Waals surface area contributed by atoms with Crippen LogP contribution in [0.5, 0.6) is 5.75 Å². The van der Waals surface area contributed by atoms with Crippen molar-refractivity contribution in [1.29, 1.82) is 0 Å². The Morgan fingerprint density at radius 2 is 0.901 bits per heavy atom. The molecule has 0 unspecified atom stereocenters. The van der Waals surface area contributed by atoms with E-state index >= 15 is 0 Å². The van der Waals surface area contributed by atoms with Gasteiger partial charge in [-0.2, -0.15) is 21.6 Å². The smallest absolute Gasteiger partial charge is 0.456 e. The summed E-state index contributed by atoms with van der Waals surface area (Å²) in [6.45, 7) is 0. The highest BCUT2D eigenvalue weighted by molar-refractivity contribution is 7.88. The van der Waals surface area contributed by atoms with Gasteiger partial charge in [-0.05, 0) is 101 Å². The van der Waals surface area contributed by atoms with Crippen molar-refractivity contribution in [3.8, 4) is 16.9 Å². The number of fused-ring (bicyclic) bond motifs is 11. The molecule has 0 saturated carbocycles. The molecule has 3 aromatic heterocycles. The minimum Gasteiger partial charge on any atom is -0.456 e. The number of thiophene rings is 1. The van der Waals surface area contributed by atoms with Gasteiger partial charge in [-0.3, -0.25) is 0 Å². The zero-order valence-electron chi connectivity index (χ0n) is 37.1. The first-order valence-electron chi connectivity index (χ1n) is 22.6. The van der Waals surface area contributed by atoms with E-state index in [1.165, 1.54) is 23.5 Å². The molecule has 3 heterocycles. The highest BCUT2D eigenvalue weighted by Gasteiger charge is 2.48. The van der Waals surface area contributed by atoms with Gasteiger partial charge >= 0.3 is 15.6 Å². The van der Waals surface area contributed by atoms with Crippen LogP contribution in [0, 0.1) is 0 Å². The average Bonchev–Trinajstić information content (AvgIpc) is 4.08. The molecular weight excluding hydrogens is 938 g/mol. The molecule has 0 aliphatic carbocycles. The van der Waals surface area contributed by atoms with Crippen LogP contribution in [0.4, 0.5) is 47.3 Å². The quantitative estimate of drug-likeness (QED) is 0.105. The Morgan fingerprint density at radius 1 is 0.408 bits per heavy atom. The first-order chi connectivity index (χ1) is 34.6. The van der Waals surface area contributed by atoms with Crippen LogP contribution in [0.15, 0.2) is 221 Å². The average molecular weight is 973 g/mol. The first kappa shape index (κ1) is 42.5. The number of furan rings is 2. The highest BCUT2D eigenvalue weighted by Crippen LogP contribution is 2.51. The van der Waals surface area contributed by atoms with Gasteiger partial charge in [-0.1, -0.05) is 109 Å². The monoisotopic (exact) mass is 972 g/mol. The summed E-state index contributed by atoms with van der Waals surface area (Å²) >= 11 is 1.47. The van der Waals surface area contributed by atoms with E-state index < -0.39 is 21.4 Å². The van der Waals surface area contributed by atoms with Gasteiger partial charge in [0.1, 0.15) is 28.1 Å². The van der Waals surface area contributed by atoms with E-state index in [-0.39, 0.29) is 0 Å². The van der Waals surface area contributed by atoms with Crippen molar-refractivity contribution >= 4 is 130 Å². The number of alkyl halides is 3. The lowest BCUT2D eigenvalue weighted by Gasteiger charge is -2.26. The molecule has 0 aliphatic rings. The van der Waals surface area contributed by atoms with E-state index in [1.54, 1.807) is 0 Å². The van der Waals surface area contributed by atoms with E-state index in [9.17, 15) is 21.6 Å². The van der Waals surface area contributed by atoms with Gasteiger partial charge < -0.3 is 22.8 Å². The molecule has 7 nitrogen and oxygen atoms in total. The molecule has 13 aromatic rings. The molecule has 12 heteroatoms. The van der Waals surface area contributed by atoms with Crippen LogP contribution in [-0.4, -0.2) is 13.9 Å². The van der Waals surface area contributed by atoms with E-state index in [2.05, 4.69) is 59.5 Å². The summed E-state index contributed by atoms with van der Waals surface area (Å²) in [5.74, 6) is -0.494. The Labute approximate surface area is 407 Å². The van der Waals surface area contributed by atoms with Crippen molar-refractivity contribution in [2.75, 3.05) is 9.80 Å². The third kappa shape index (κ3) is 7.13. The van der Waals surface area contributed by atoms with Gasteiger partial charge in [-0.15, -0.1) is 11.3 Å². The highest BCUT2D eigenvalue weighted by atomic mass is 32.2. The third-order valence-corrected chi connectivity index (χ3v) is 15.2. The summed E-state index contributed by atoms with van der Waals surface area (Å²) in [5, 5.41) is 6.95. The van der Waals surface area contributed by atoms with E-state index in [1.807, 2.05) is 150 Å². The topological polar surface area (TPSA) is 76.1 Å². The Hall–Kier alpha value is -8.58. The second-order valence-corrected chi connectivity index (χ2v) is 19.8. The van der Waals surface area contributed by atoms with Crippen molar-refractivity contribution in [3.05, 3.63) is 212 Å². The molecule has 10 aromatic carbocycles. The lowest BCUT2D eigenvalue weighted by molar-refractivity contribution is -0.0500. The number of benzene rings is 10. The van der Waals surface area contributed by atoms with Crippen LogP contribution in [0.1, 0.15) is 0 Å². The van der Waals surface area contributed by atoms with Crippen LogP contribution in [0.25, 0.3) is 85.9 Å². The maximum atomic E-state index is 14.1. The number of rotatable bonds is 9. The predicted octanol–water partition coefficient (Wildman–Crippen LogP) is 17.8. The number of hydrogen-bond donors (Lipinski definition) is 0. The molecule has 0 amide bonds. The fourth-order valence-electron chi connectivity index (χ4n) is 9.83. The van der Waals surface area contributed by atoms with Crippen molar-refractivity contribution in [3.63, 3.8) is 0 Å².